The van der Waals surface area contributed by atoms with Gasteiger partial charge < -0.3 is 15.1 Å². The molecule has 0 heterocycles. The summed E-state index contributed by atoms with van der Waals surface area (Å²) in [4.78, 5) is 24.2. The van der Waals surface area contributed by atoms with Gasteiger partial charge in [0.1, 0.15) is 12.3 Å². The lowest BCUT2D eigenvalue weighted by Gasteiger charge is -2.23. The zero-order chi connectivity index (χ0) is 14.6. The number of aromatic hydroxyl groups is 1. The van der Waals surface area contributed by atoms with Crippen LogP contribution in [0.25, 0.3) is 0 Å². The van der Waals surface area contributed by atoms with Crippen molar-refractivity contribution in [2.24, 2.45) is 5.92 Å². The Morgan fingerprint density at radius 3 is 2.47 bits per heavy atom. The minimum absolute atomic E-state index is 0.0475. The van der Waals surface area contributed by atoms with Gasteiger partial charge in [-0.1, -0.05) is 25.4 Å². The number of nitrogens with zero attached hydrogens (tertiary/aromatic N) is 1. The molecule has 0 radical (unpaired) electrons. The van der Waals surface area contributed by atoms with Gasteiger partial charge >= 0.3 is 5.97 Å². The lowest BCUT2D eigenvalue weighted by atomic mass is 10.1. The minimum atomic E-state index is -1.09. The molecule has 2 N–H and O–H groups in total. The molecule has 0 unspecified atom stereocenters. The molecule has 0 saturated heterocycles. The Morgan fingerprint density at radius 1 is 1.37 bits per heavy atom. The third kappa shape index (κ3) is 4.44. The molecule has 1 aromatic rings. The molecule has 0 aliphatic carbocycles. The highest BCUT2D eigenvalue weighted by molar-refractivity contribution is 6.30. The van der Waals surface area contributed by atoms with Gasteiger partial charge in [0.15, 0.2) is 0 Å². The first kappa shape index (κ1) is 15.3. The number of carboxylic acid groups (broad SMARTS) is 1. The summed E-state index contributed by atoms with van der Waals surface area (Å²) in [5.41, 5.74) is 0.0475. The minimum Gasteiger partial charge on any atom is -0.507 e. The van der Waals surface area contributed by atoms with Gasteiger partial charge in [0.25, 0.3) is 5.91 Å². The molecule has 0 aliphatic rings. The summed E-state index contributed by atoms with van der Waals surface area (Å²) in [5.74, 6) is -1.75. The van der Waals surface area contributed by atoms with Crippen molar-refractivity contribution in [2.45, 2.75) is 13.8 Å². The number of halogens is 1. The molecule has 0 fully saturated rings. The van der Waals surface area contributed by atoms with Crippen molar-refractivity contribution in [1.82, 2.24) is 4.90 Å². The van der Waals surface area contributed by atoms with E-state index in [2.05, 4.69) is 0 Å². The number of aliphatic carboxylic acids is 1. The average Bonchev–Trinajstić information content (AvgIpc) is 2.26. The Labute approximate surface area is 116 Å². The highest BCUT2D eigenvalue weighted by Gasteiger charge is 2.22. The van der Waals surface area contributed by atoms with Crippen molar-refractivity contribution < 1.29 is 19.8 Å². The van der Waals surface area contributed by atoms with Crippen LogP contribution in [-0.2, 0) is 4.79 Å². The number of phenolic OH excluding ortho intramolecular Hbond substituents is 1. The van der Waals surface area contributed by atoms with E-state index in [0.29, 0.717) is 11.6 Å². The van der Waals surface area contributed by atoms with E-state index in [1.165, 1.54) is 23.1 Å². The molecule has 0 spiro atoms. The summed E-state index contributed by atoms with van der Waals surface area (Å²) in [6.07, 6.45) is 0. The lowest BCUT2D eigenvalue weighted by molar-refractivity contribution is -0.137. The summed E-state index contributed by atoms with van der Waals surface area (Å²) in [5, 5.41) is 18.8. The van der Waals surface area contributed by atoms with Crippen LogP contribution in [-0.4, -0.2) is 40.1 Å². The van der Waals surface area contributed by atoms with Crippen molar-refractivity contribution >= 4 is 23.5 Å². The Bertz CT molecular complexity index is 488. The standard InChI is InChI=1S/C13H16ClNO4/c1-8(2)6-15(7-12(17)18)13(19)10-4-3-9(14)5-11(10)16/h3-5,8,16H,6-7H2,1-2H3,(H,17,18). The molecule has 1 amide bonds. The second-order valence-electron chi connectivity index (χ2n) is 4.63. The van der Waals surface area contributed by atoms with Crippen molar-refractivity contribution in [1.29, 1.82) is 0 Å². The van der Waals surface area contributed by atoms with Gasteiger partial charge in [-0.15, -0.1) is 0 Å². The number of amides is 1. The van der Waals surface area contributed by atoms with E-state index >= 15 is 0 Å². The van der Waals surface area contributed by atoms with Crippen LogP contribution >= 0.6 is 11.6 Å². The monoisotopic (exact) mass is 285 g/mol. The Morgan fingerprint density at radius 2 is 2.00 bits per heavy atom. The van der Waals surface area contributed by atoms with Crippen LogP contribution in [0.3, 0.4) is 0 Å². The van der Waals surface area contributed by atoms with Crippen LogP contribution in [0.15, 0.2) is 18.2 Å². The molecule has 0 saturated carbocycles. The quantitative estimate of drug-likeness (QED) is 0.869. The molecule has 0 aliphatic heterocycles. The van der Waals surface area contributed by atoms with Gasteiger partial charge in [-0.25, -0.2) is 0 Å². The van der Waals surface area contributed by atoms with Gasteiger partial charge in [0.2, 0.25) is 0 Å². The second-order valence-corrected chi connectivity index (χ2v) is 5.07. The third-order valence-corrected chi connectivity index (χ3v) is 2.62. The number of rotatable bonds is 5. The zero-order valence-corrected chi connectivity index (χ0v) is 11.5. The van der Waals surface area contributed by atoms with Crippen LogP contribution in [0.2, 0.25) is 5.02 Å². The predicted molar refractivity (Wildman–Crippen MR) is 71.5 cm³/mol. The lowest BCUT2D eigenvalue weighted by Crippen LogP contribution is -2.38. The molecule has 1 aromatic carbocycles. The number of carbonyl (C=O) groups is 2. The van der Waals surface area contributed by atoms with E-state index in [0.717, 1.165) is 0 Å². The molecule has 6 heteroatoms. The number of hydrogen-bond acceptors (Lipinski definition) is 3. The maximum Gasteiger partial charge on any atom is 0.323 e. The normalized spacial score (nSPS) is 10.5. The topological polar surface area (TPSA) is 77.8 Å². The summed E-state index contributed by atoms with van der Waals surface area (Å²) in [6.45, 7) is 3.65. The Kier molecular flexibility index (Phi) is 5.18. The highest BCUT2D eigenvalue weighted by atomic mass is 35.5. The fraction of sp³-hybridized carbons (Fsp3) is 0.385. The second kappa shape index (κ2) is 6.43. The molecule has 1 rings (SSSR count). The summed E-state index contributed by atoms with van der Waals surface area (Å²) >= 11 is 5.69. The van der Waals surface area contributed by atoms with Gasteiger partial charge in [0.05, 0.1) is 5.56 Å². The smallest absolute Gasteiger partial charge is 0.323 e. The first-order chi connectivity index (χ1) is 8.81. The van der Waals surface area contributed by atoms with E-state index in [-0.39, 0.29) is 17.2 Å². The summed E-state index contributed by atoms with van der Waals surface area (Å²) in [6, 6.07) is 4.11. The number of benzene rings is 1. The first-order valence-electron chi connectivity index (χ1n) is 5.81. The van der Waals surface area contributed by atoms with Crippen LogP contribution in [0.5, 0.6) is 5.75 Å². The maximum atomic E-state index is 12.2. The van der Waals surface area contributed by atoms with Crippen molar-refractivity contribution in [3.63, 3.8) is 0 Å². The molecule has 19 heavy (non-hydrogen) atoms. The van der Waals surface area contributed by atoms with Crippen molar-refractivity contribution in [3.8, 4) is 5.75 Å². The molecular weight excluding hydrogens is 270 g/mol. The molecule has 5 nitrogen and oxygen atoms in total. The Hall–Kier alpha value is -1.75. The number of carboxylic acids is 1. The number of phenols is 1. The van der Waals surface area contributed by atoms with E-state index in [1.54, 1.807) is 0 Å². The van der Waals surface area contributed by atoms with Crippen LogP contribution in [0, 0.1) is 5.92 Å². The highest BCUT2D eigenvalue weighted by Crippen LogP contribution is 2.23. The molecule has 0 bridgehead atoms. The van der Waals surface area contributed by atoms with Crippen LogP contribution < -0.4 is 0 Å². The first-order valence-corrected chi connectivity index (χ1v) is 6.18. The molecular formula is C13H16ClNO4. The summed E-state index contributed by atoms with van der Waals surface area (Å²) < 4.78 is 0. The third-order valence-electron chi connectivity index (χ3n) is 2.39. The fourth-order valence-corrected chi connectivity index (χ4v) is 1.85. The fourth-order valence-electron chi connectivity index (χ4n) is 1.68. The van der Waals surface area contributed by atoms with Gasteiger partial charge in [0, 0.05) is 11.6 Å². The van der Waals surface area contributed by atoms with Gasteiger partial charge in [-0.3, -0.25) is 9.59 Å². The van der Waals surface area contributed by atoms with Crippen molar-refractivity contribution in [3.05, 3.63) is 28.8 Å². The zero-order valence-electron chi connectivity index (χ0n) is 10.8. The maximum absolute atomic E-state index is 12.2. The van der Waals surface area contributed by atoms with E-state index < -0.39 is 18.4 Å². The molecule has 0 atom stereocenters. The van der Waals surface area contributed by atoms with Crippen molar-refractivity contribution in [2.75, 3.05) is 13.1 Å². The average molecular weight is 286 g/mol. The van der Waals surface area contributed by atoms with Gasteiger partial charge in [-0.05, 0) is 24.1 Å². The van der Waals surface area contributed by atoms with Crippen LogP contribution in [0.4, 0.5) is 0 Å². The SMILES string of the molecule is CC(C)CN(CC(=O)O)C(=O)c1ccc(Cl)cc1O. The summed E-state index contributed by atoms with van der Waals surface area (Å²) in [7, 11) is 0. The molecule has 104 valence electrons. The number of carbonyl (C=O) groups excluding carboxylic acids is 1. The Balaban J connectivity index is 3.00. The largest absolute Gasteiger partial charge is 0.507 e. The van der Waals surface area contributed by atoms with Crippen LogP contribution in [0.1, 0.15) is 24.2 Å². The van der Waals surface area contributed by atoms with E-state index in [4.69, 9.17) is 16.7 Å². The van der Waals surface area contributed by atoms with E-state index in [1.807, 2.05) is 13.8 Å². The predicted octanol–water partition coefficient (Wildman–Crippen LogP) is 2.23. The molecule has 0 aromatic heterocycles. The number of hydrogen-bond donors (Lipinski definition) is 2. The van der Waals surface area contributed by atoms with E-state index in [9.17, 15) is 14.7 Å². The van der Waals surface area contributed by atoms with Gasteiger partial charge in [-0.2, -0.15) is 0 Å².